The topological polar surface area (TPSA) is 62.4 Å². The summed E-state index contributed by atoms with van der Waals surface area (Å²) >= 11 is 4.68. The summed E-state index contributed by atoms with van der Waals surface area (Å²) in [5.74, 6) is 0. The van der Waals surface area contributed by atoms with Crippen LogP contribution in [0, 0.1) is 0 Å². The monoisotopic (exact) mass is 284 g/mol. The average Bonchev–Trinajstić information content (AvgIpc) is 2.46. The van der Waals surface area contributed by atoms with E-state index in [1.807, 2.05) is 48.5 Å². The number of benzene rings is 2. The molecule has 0 spiro atoms. The normalized spacial score (nSPS) is 10.4. The lowest BCUT2D eigenvalue weighted by molar-refractivity contribution is 1.03. The summed E-state index contributed by atoms with van der Waals surface area (Å²) in [6.07, 6.45) is 2.43. The van der Waals surface area contributed by atoms with E-state index in [9.17, 15) is 0 Å². The number of hydrogen-bond donors (Lipinski definition) is 3. The Kier molecular flexibility index (Phi) is 5.08. The largest absolute Gasteiger partial charge is 0.375 e. The summed E-state index contributed by atoms with van der Waals surface area (Å²) in [5, 5.41) is 7.50. The van der Waals surface area contributed by atoms with Crippen molar-refractivity contribution in [2.75, 3.05) is 5.32 Å². The fourth-order valence-corrected chi connectivity index (χ4v) is 1.80. The fraction of sp³-hybridized carbons (Fsp3) is 0.0667. The standard InChI is InChI=1S/C15H16N4S/c16-15(20)19-17-11-10-12-6-4-5-9-14(12)18-13-7-2-1-3-8-13/h1-9,11,18H,10H2,(H3,16,19,20). The lowest BCUT2D eigenvalue weighted by atomic mass is 10.1. The van der Waals surface area contributed by atoms with Crippen molar-refractivity contribution in [3.05, 3.63) is 60.2 Å². The van der Waals surface area contributed by atoms with E-state index in [-0.39, 0.29) is 5.11 Å². The van der Waals surface area contributed by atoms with Gasteiger partial charge in [0.2, 0.25) is 0 Å². The van der Waals surface area contributed by atoms with Gasteiger partial charge in [-0.2, -0.15) is 5.10 Å². The van der Waals surface area contributed by atoms with E-state index in [0.29, 0.717) is 6.42 Å². The van der Waals surface area contributed by atoms with Crippen molar-refractivity contribution in [3.63, 3.8) is 0 Å². The molecule has 0 unspecified atom stereocenters. The second-order valence-corrected chi connectivity index (χ2v) is 4.58. The third kappa shape index (κ3) is 4.37. The highest BCUT2D eigenvalue weighted by atomic mass is 32.1. The minimum atomic E-state index is 0.164. The van der Waals surface area contributed by atoms with Gasteiger partial charge in [-0.05, 0) is 36.0 Å². The molecule has 0 saturated carbocycles. The lowest BCUT2D eigenvalue weighted by Crippen LogP contribution is -2.24. The first-order valence-electron chi connectivity index (χ1n) is 6.22. The van der Waals surface area contributed by atoms with Crippen LogP contribution in [0.5, 0.6) is 0 Å². The quantitative estimate of drug-likeness (QED) is 0.449. The SMILES string of the molecule is NC(=S)NN=CCc1ccccc1Nc1ccccc1. The van der Waals surface area contributed by atoms with Crippen molar-refractivity contribution in [2.45, 2.75) is 6.42 Å². The van der Waals surface area contributed by atoms with Crippen LogP contribution in [0.15, 0.2) is 59.7 Å². The van der Waals surface area contributed by atoms with Gasteiger partial charge in [0.05, 0.1) is 0 Å². The average molecular weight is 284 g/mol. The molecule has 102 valence electrons. The molecule has 5 heteroatoms. The third-order valence-corrected chi connectivity index (χ3v) is 2.74. The summed E-state index contributed by atoms with van der Waals surface area (Å²) < 4.78 is 0. The summed E-state index contributed by atoms with van der Waals surface area (Å²) in [7, 11) is 0. The predicted octanol–water partition coefficient (Wildman–Crippen LogP) is 2.79. The van der Waals surface area contributed by atoms with Gasteiger partial charge >= 0.3 is 0 Å². The van der Waals surface area contributed by atoms with E-state index in [2.05, 4.69) is 34.1 Å². The van der Waals surface area contributed by atoms with Gasteiger partial charge in [0.15, 0.2) is 5.11 Å². The maximum absolute atomic E-state index is 5.30. The molecular weight excluding hydrogens is 268 g/mol. The van der Waals surface area contributed by atoms with E-state index in [1.165, 1.54) is 0 Å². The zero-order valence-electron chi connectivity index (χ0n) is 10.9. The molecule has 0 aliphatic rings. The van der Waals surface area contributed by atoms with E-state index in [0.717, 1.165) is 16.9 Å². The van der Waals surface area contributed by atoms with Gasteiger partial charge in [0.25, 0.3) is 0 Å². The Morgan fingerprint density at radius 3 is 2.55 bits per heavy atom. The van der Waals surface area contributed by atoms with Crippen molar-refractivity contribution >= 4 is 34.9 Å². The molecule has 0 fully saturated rings. The number of anilines is 2. The first-order valence-corrected chi connectivity index (χ1v) is 6.63. The van der Waals surface area contributed by atoms with Crippen molar-refractivity contribution in [2.24, 2.45) is 10.8 Å². The van der Waals surface area contributed by atoms with Crippen LogP contribution in [0.3, 0.4) is 0 Å². The molecule has 2 aromatic rings. The summed E-state index contributed by atoms with van der Waals surface area (Å²) in [5.41, 5.74) is 11.1. The number of thiocarbonyl (C=S) groups is 1. The Hall–Kier alpha value is -2.40. The first-order chi connectivity index (χ1) is 9.75. The second kappa shape index (κ2) is 7.25. The van der Waals surface area contributed by atoms with E-state index < -0.39 is 0 Å². The lowest BCUT2D eigenvalue weighted by Gasteiger charge is -2.10. The molecular formula is C15H16N4S. The van der Waals surface area contributed by atoms with Crippen LogP contribution >= 0.6 is 12.2 Å². The maximum atomic E-state index is 5.30. The zero-order chi connectivity index (χ0) is 14.2. The van der Waals surface area contributed by atoms with Crippen LogP contribution in [-0.4, -0.2) is 11.3 Å². The Labute approximate surface area is 123 Å². The second-order valence-electron chi connectivity index (χ2n) is 4.14. The number of nitrogens with zero attached hydrogens (tertiary/aromatic N) is 1. The molecule has 0 bridgehead atoms. The molecule has 0 aliphatic carbocycles. The van der Waals surface area contributed by atoms with Gasteiger partial charge in [0, 0.05) is 24.0 Å². The van der Waals surface area contributed by atoms with Gasteiger partial charge in [-0.1, -0.05) is 36.4 Å². The van der Waals surface area contributed by atoms with Crippen LogP contribution in [0.25, 0.3) is 0 Å². The Bertz CT molecular complexity index is 596. The highest BCUT2D eigenvalue weighted by Gasteiger charge is 2.00. The van der Waals surface area contributed by atoms with E-state index in [1.54, 1.807) is 6.21 Å². The number of nitrogens with two attached hydrogens (primary N) is 1. The summed E-state index contributed by atoms with van der Waals surface area (Å²) in [6, 6.07) is 18.1. The van der Waals surface area contributed by atoms with Crippen LogP contribution in [0.1, 0.15) is 5.56 Å². The molecule has 2 rings (SSSR count). The molecule has 20 heavy (non-hydrogen) atoms. The minimum Gasteiger partial charge on any atom is -0.375 e. The van der Waals surface area contributed by atoms with Gasteiger partial charge in [-0.25, -0.2) is 0 Å². The highest BCUT2D eigenvalue weighted by Crippen LogP contribution is 2.20. The van der Waals surface area contributed by atoms with Gasteiger partial charge < -0.3 is 11.1 Å². The zero-order valence-corrected chi connectivity index (χ0v) is 11.7. The van der Waals surface area contributed by atoms with Gasteiger partial charge in [0.1, 0.15) is 0 Å². The first kappa shape index (κ1) is 14.0. The van der Waals surface area contributed by atoms with Gasteiger partial charge in [-0.3, -0.25) is 5.43 Å². The molecule has 4 N–H and O–H groups in total. The summed E-state index contributed by atoms with van der Waals surface area (Å²) in [4.78, 5) is 0. The molecule has 0 aromatic heterocycles. The van der Waals surface area contributed by atoms with Crippen molar-refractivity contribution < 1.29 is 0 Å². The molecule has 0 radical (unpaired) electrons. The van der Waals surface area contributed by atoms with Crippen LogP contribution in [0.4, 0.5) is 11.4 Å². The van der Waals surface area contributed by atoms with E-state index in [4.69, 9.17) is 5.73 Å². The molecule has 0 aliphatic heterocycles. The highest BCUT2D eigenvalue weighted by molar-refractivity contribution is 7.80. The van der Waals surface area contributed by atoms with Crippen LogP contribution in [0.2, 0.25) is 0 Å². The minimum absolute atomic E-state index is 0.164. The molecule has 0 saturated heterocycles. The van der Waals surface area contributed by atoms with E-state index >= 15 is 0 Å². The fourth-order valence-electron chi connectivity index (χ4n) is 1.75. The smallest absolute Gasteiger partial charge is 0.184 e. The number of hydrogen-bond acceptors (Lipinski definition) is 3. The molecule has 0 amide bonds. The van der Waals surface area contributed by atoms with Crippen molar-refractivity contribution in [3.8, 4) is 0 Å². The van der Waals surface area contributed by atoms with Gasteiger partial charge in [-0.15, -0.1) is 0 Å². The maximum Gasteiger partial charge on any atom is 0.184 e. The predicted molar refractivity (Wildman–Crippen MR) is 88.3 cm³/mol. The third-order valence-electron chi connectivity index (χ3n) is 2.65. The van der Waals surface area contributed by atoms with Crippen molar-refractivity contribution in [1.29, 1.82) is 0 Å². The molecule has 2 aromatic carbocycles. The Morgan fingerprint density at radius 2 is 1.80 bits per heavy atom. The molecule has 0 atom stereocenters. The number of nitrogens with one attached hydrogen (secondary N) is 2. The number of para-hydroxylation sites is 2. The summed E-state index contributed by atoms with van der Waals surface area (Å²) in [6.45, 7) is 0. The molecule has 4 nitrogen and oxygen atoms in total. The number of rotatable bonds is 5. The van der Waals surface area contributed by atoms with Crippen LogP contribution < -0.4 is 16.5 Å². The Morgan fingerprint density at radius 1 is 1.10 bits per heavy atom. The Balaban J connectivity index is 2.06. The number of hydrazone groups is 1. The molecule has 0 heterocycles. The van der Waals surface area contributed by atoms with Crippen molar-refractivity contribution in [1.82, 2.24) is 5.43 Å². The van der Waals surface area contributed by atoms with Crippen LogP contribution in [-0.2, 0) is 6.42 Å².